The first-order valence-electron chi connectivity index (χ1n) is 6.13. The van der Waals surface area contributed by atoms with Gasteiger partial charge in [-0.15, -0.1) is 23.7 Å². The number of nitrogens with two attached hydrogens (primary N) is 1. The highest BCUT2D eigenvalue weighted by Crippen LogP contribution is 2.10. The number of rotatable bonds is 7. The van der Waals surface area contributed by atoms with Crippen molar-refractivity contribution in [2.45, 2.75) is 45.6 Å². The zero-order chi connectivity index (χ0) is 12.7. The van der Waals surface area contributed by atoms with Crippen molar-refractivity contribution in [3.05, 3.63) is 16.1 Å². The lowest BCUT2D eigenvalue weighted by Crippen LogP contribution is -2.41. The molecule has 1 amide bonds. The van der Waals surface area contributed by atoms with Crippen LogP contribution in [0.25, 0.3) is 0 Å². The molecule has 0 aromatic carbocycles. The Kier molecular flexibility index (Phi) is 8.97. The van der Waals surface area contributed by atoms with Crippen LogP contribution in [-0.4, -0.2) is 23.5 Å². The molecule has 0 saturated heterocycles. The van der Waals surface area contributed by atoms with Crippen LogP contribution in [0.5, 0.6) is 0 Å². The average molecular weight is 292 g/mol. The van der Waals surface area contributed by atoms with E-state index in [1.165, 1.54) is 0 Å². The molecule has 0 aliphatic carbocycles. The van der Waals surface area contributed by atoms with Gasteiger partial charge in [0.25, 0.3) is 0 Å². The second kappa shape index (κ2) is 9.30. The van der Waals surface area contributed by atoms with Gasteiger partial charge in [0.2, 0.25) is 5.91 Å². The Hall–Kier alpha value is -0.650. The second-order valence-corrected chi connectivity index (χ2v) is 4.96. The fourth-order valence-corrected chi connectivity index (χ4v) is 2.29. The van der Waals surface area contributed by atoms with Crippen LogP contribution in [0.4, 0.5) is 0 Å². The van der Waals surface area contributed by atoms with Crippen LogP contribution in [0.3, 0.4) is 0 Å². The van der Waals surface area contributed by atoms with Gasteiger partial charge in [-0.1, -0.05) is 20.3 Å². The van der Waals surface area contributed by atoms with Crippen LogP contribution < -0.4 is 11.1 Å². The third-order valence-electron chi connectivity index (χ3n) is 2.52. The van der Waals surface area contributed by atoms with Gasteiger partial charge < -0.3 is 11.1 Å². The molecule has 1 aromatic heterocycles. The van der Waals surface area contributed by atoms with E-state index >= 15 is 0 Å². The highest BCUT2D eigenvalue weighted by Gasteiger charge is 2.11. The summed E-state index contributed by atoms with van der Waals surface area (Å²) in [6.45, 7) is 4.73. The summed E-state index contributed by atoms with van der Waals surface area (Å²) in [5.74, 6) is -0.0576. The summed E-state index contributed by atoms with van der Waals surface area (Å²) >= 11 is 1.67. The van der Waals surface area contributed by atoms with Crippen molar-refractivity contribution >= 4 is 29.7 Å². The van der Waals surface area contributed by atoms with Crippen LogP contribution in [-0.2, 0) is 17.6 Å². The fraction of sp³-hybridized carbons (Fsp3) is 0.667. The van der Waals surface area contributed by atoms with E-state index in [0.717, 1.165) is 36.4 Å². The number of nitrogens with zero attached hydrogens (tertiary/aromatic N) is 1. The van der Waals surface area contributed by atoms with Gasteiger partial charge in [-0.2, -0.15) is 0 Å². The van der Waals surface area contributed by atoms with E-state index in [1.807, 2.05) is 6.92 Å². The summed E-state index contributed by atoms with van der Waals surface area (Å²) in [4.78, 5) is 16.0. The standard InChI is InChI=1S/C12H21N3OS.ClH/c1-3-5-10(13)12(16)14-7-6-9-8-17-11(4-2)15-9;/h8,10H,3-7,13H2,1-2H3,(H,14,16);1H. The largest absolute Gasteiger partial charge is 0.354 e. The number of hydrogen-bond donors (Lipinski definition) is 2. The number of thiazole rings is 1. The van der Waals surface area contributed by atoms with Crippen molar-refractivity contribution < 1.29 is 4.79 Å². The summed E-state index contributed by atoms with van der Waals surface area (Å²) in [5, 5.41) is 6.04. The summed E-state index contributed by atoms with van der Waals surface area (Å²) < 4.78 is 0. The molecule has 4 nitrogen and oxygen atoms in total. The molecule has 6 heteroatoms. The Morgan fingerprint density at radius 3 is 2.83 bits per heavy atom. The average Bonchev–Trinajstić information content (AvgIpc) is 2.77. The topological polar surface area (TPSA) is 68.0 Å². The molecule has 0 saturated carbocycles. The van der Waals surface area contributed by atoms with Crippen LogP contribution in [0.15, 0.2) is 5.38 Å². The summed E-state index contributed by atoms with van der Waals surface area (Å²) in [5.41, 5.74) is 6.76. The van der Waals surface area contributed by atoms with Crippen LogP contribution >= 0.6 is 23.7 Å². The number of aromatic nitrogens is 1. The summed E-state index contributed by atoms with van der Waals surface area (Å²) in [6.07, 6.45) is 3.42. The first kappa shape index (κ1) is 17.4. The van der Waals surface area contributed by atoms with Crippen molar-refractivity contribution in [3.63, 3.8) is 0 Å². The van der Waals surface area contributed by atoms with Gasteiger partial charge in [-0.05, 0) is 12.8 Å². The zero-order valence-corrected chi connectivity index (χ0v) is 12.6. The van der Waals surface area contributed by atoms with Gasteiger partial charge in [-0.3, -0.25) is 4.79 Å². The Labute approximate surface area is 119 Å². The smallest absolute Gasteiger partial charge is 0.236 e. The number of aryl methyl sites for hydroxylation is 1. The van der Waals surface area contributed by atoms with Crippen molar-refractivity contribution in [1.29, 1.82) is 0 Å². The maximum Gasteiger partial charge on any atom is 0.236 e. The number of nitrogens with one attached hydrogen (secondary N) is 1. The normalized spacial score (nSPS) is 11.7. The zero-order valence-electron chi connectivity index (χ0n) is 10.9. The monoisotopic (exact) mass is 291 g/mol. The van der Waals surface area contributed by atoms with Gasteiger partial charge in [-0.25, -0.2) is 4.98 Å². The van der Waals surface area contributed by atoms with Gasteiger partial charge in [0.05, 0.1) is 16.7 Å². The minimum absolute atomic E-state index is 0. The predicted octanol–water partition coefficient (Wildman–Crippen LogP) is 1.91. The van der Waals surface area contributed by atoms with Gasteiger partial charge >= 0.3 is 0 Å². The first-order valence-corrected chi connectivity index (χ1v) is 7.01. The molecule has 18 heavy (non-hydrogen) atoms. The molecule has 1 atom stereocenters. The van der Waals surface area contributed by atoms with E-state index in [0.29, 0.717) is 6.54 Å². The van der Waals surface area contributed by atoms with E-state index in [9.17, 15) is 4.79 Å². The molecule has 1 aromatic rings. The summed E-state index contributed by atoms with van der Waals surface area (Å²) in [7, 11) is 0. The van der Waals surface area contributed by atoms with Crippen molar-refractivity contribution in [2.75, 3.05) is 6.54 Å². The molecule has 1 unspecified atom stereocenters. The van der Waals surface area contributed by atoms with E-state index in [1.54, 1.807) is 11.3 Å². The lowest BCUT2D eigenvalue weighted by atomic mass is 10.1. The Morgan fingerprint density at radius 1 is 1.56 bits per heavy atom. The third-order valence-corrected chi connectivity index (χ3v) is 3.56. The van der Waals surface area contributed by atoms with Crippen molar-refractivity contribution in [2.24, 2.45) is 5.73 Å². The summed E-state index contributed by atoms with van der Waals surface area (Å²) in [6, 6.07) is -0.373. The molecule has 0 fully saturated rings. The minimum atomic E-state index is -0.373. The first-order chi connectivity index (χ1) is 8.17. The van der Waals surface area contributed by atoms with Crippen LogP contribution in [0, 0.1) is 0 Å². The Morgan fingerprint density at radius 2 is 2.28 bits per heavy atom. The maximum atomic E-state index is 11.5. The molecule has 0 aliphatic heterocycles. The fourth-order valence-electron chi connectivity index (χ4n) is 1.51. The minimum Gasteiger partial charge on any atom is -0.354 e. The van der Waals surface area contributed by atoms with E-state index in [-0.39, 0.29) is 24.4 Å². The molecule has 1 rings (SSSR count). The molecule has 104 valence electrons. The van der Waals surface area contributed by atoms with E-state index in [2.05, 4.69) is 22.6 Å². The van der Waals surface area contributed by atoms with Crippen LogP contribution in [0.2, 0.25) is 0 Å². The van der Waals surface area contributed by atoms with Crippen molar-refractivity contribution in [3.8, 4) is 0 Å². The lowest BCUT2D eigenvalue weighted by molar-refractivity contribution is -0.122. The molecule has 0 radical (unpaired) electrons. The van der Waals surface area contributed by atoms with Crippen LogP contribution in [0.1, 0.15) is 37.4 Å². The van der Waals surface area contributed by atoms with E-state index in [4.69, 9.17) is 5.73 Å². The van der Waals surface area contributed by atoms with E-state index < -0.39 is 0 Å². The number of hydrogen-bond acceptors (Lipinski definition) is 4. The van der Waals surface area contributed by atoms with Gasteiger partial charge in [0.1, 0.15) is 0 Å². The molecule has 0 aliphatic rings. The molecule has 0 bridgehead atoms. The lowest BCUT2D eigenvalue weighted by Gasteiger charge is -2.10. The number of amides is 1. The number of halogens is 1. The molecular formula is C12H22ClN3OS. The SMILES string of the molecule is CCCC(N)C(=O)NCCc1csc(CC)n1.Cl. The maximum absolute atomic E-state index is 11.5. The highest BCUT2D eigenvalue weighted by molar-refractivity contribution is 7.09. The third kappa shape index (κ3) is 5.80. The molecule has 1 heterocycles. The molecule has 3 N–H and O–H groups in total. The van der Waals surface area contributed by atoms with Crippen molar-refractivity contribution in [1.82, 2.24) is 10.3 Å². The number of carbonyl (C=O) groups is 1. The molecule has 0 spiro atoms. The quantitative estimate of drug-likeness (QED) is 0.806. The Balaban J connectivity index is 0.00000289. The van der Waals surface area contributed by atoms with Gasteiger partial charge in [0.15, 0.2) is 0 Å². The second-order valence-electron chi connectivity index (χ2n) is 4.02. The van der Waals surface area contributed by atoms with Gasteiger partial charge in [0, 0.05) is 18.3 Å². The number of carbonyl (C=O) groups excluding carboxylic acids is 1. The predicted molar refractivity (Wildman–Crippen MR) is 78.3 cm³/mol. The molecular weight excluding hydrogens is 270 g/mol. The Bertz CT molecular complexity index is 357. The highest BCUT2D eigenvalue weighted by atomic mass is 35.5.